The molecule has 49 heavy (non-hydrogen) atoms. The van der Waals surface area contributed by atoms with Gasteiger partial charge in [0, 0.05) is 27.8 Å². The van der Waals surface area contributed by atoms with Crippen LogP contribution in [0.15, 0.2) is 67.0 Å². The first-order valence-corrected chi connectivity index (χ1v) is 17.4. The van der Waals surface area contributed by atoms with Gasteiger partial charge in [-0.25, -0.2) is 9.59 Å². The fourth-order valence-electron chi connectivity index (χ4n) is 6.03. The summed E-state index contributed by atoms with van der Waals surface area (Å²) in [7, 11) is 5.15. The van der Waals surface area contributed by atoms with Gasteiger partial charge in [-0.2, -0.15) is 4.73 Å². The van der Waals surface area contributed by atoms with Crippen molar-refractivity contribution in [1.29, 1.82) is 0 Å². The number of aromatic nitrogens is 1. The number of piperidine rings is 1. The highest BCUT2D eigenvalue weighted by atomic mass is 35.5. The lowest BCUT2D eigenvalue weighted by Crippen LogP contribution is -2.34. The molecule has 2 N–H and O–H groups in total. The van der Waals surface area contributed by atoms with Gasteiger partial charge in [-0.1, -0.05) is 59.6 Å². The predicted molar refractivity (Wildman–Crippen MR) is 189 cm³/mol. The summed E-state index contributed by atoms with van der Waals surface area (Å²) in [5, 5.41) is 26.0. The average Bonchev–Trinajstić information content (AvgIpc) is 3.52. The smallest absolute Gasteiger partial charge is 0.336 e. The number of carbonyl (C=O) groups is 2. The lowest BCUT2D eigenvalue weighted by molar-refractivity contribution is -0.605. The van der Waals surface area contributed by atoms with Crippen molar-refractivity contribution in [3.05, 3.63) is 114 Å². The summed E-state index contributed by atoms with van der Waals surface area (Å²) in [6.07, 6.45) is 4.57. The molecule has 2 aromatic carbocycles. The first-order chi connectivity index (χ1) is 23.6. The van der Waals surface area contributed by atoms with Crippen LogP contribution in [0.3, 0.4) is 0 Å². The summed E-state index contributed by atoms with van der Waals surface area (Å²) in [4.78, 5) is 29.7. The standard InChI is InChI=1S/C36H39Cl2N3O7S/c1-40-13-11-22(12-14-40)21-48-36(44)33(23-7-5-4-6-8-23)39-18-25-16-28(35(42)43)34(49-25)26(17-27-29(37)19-41(45)20-30(27)38)24-9-10-31(46-2)32(15-24)47-3/h4-10,15-16,19-20,22,26,33,39H,11-14,17-18,21H2,1-3H3,(H,42,43)/t26-,33?/m0/s1. The second-order valence-corrected chi connectivity index (χ2v) is 14.0. The van der Waals surface area contributed by atoms with Crippen molar-refractivity contribution in [2.24, 2.45) is 5.92 Å². The average molecular weight is 729 g/mol. The van der Waals surface area contributed by atoms with Crippen LogP contribution in [0.5, 0.6) is 11.5 Å². The number of rotatable bonds is 14. The molecule has 0 spiro atoms. The molecule has 2 aromatic heterocycles. The molecular weight excluding hydrogens is 689 g/mol. The minimum Gasteiger partial charge on any atom is -0.619 e. The minimum absolute atomic E-state index is 0.102. The highest BCUT2D eigenvalue weighted by Gasteiger charge is 2.29. The lowest BCUT2D eigenvalue weighted by Gasteiger charge is -2.29. The van der Waals surface area contributed by atoms with E-state index in [2.05, 4.69) is 17.3 Å². The van der Waals surface area contributed by atoms with Crippen molar-refractivity contribution in [3.63, 3.8) is 0 Å². The topological polar surface area (TPSA) is 124 Å². The zero-order chi connectivity index (χ0) is 35.1. The molecule has 0 amide bonds. The summed E-state index contributed by atoms with van der Waals surface area (Å²) in [5.41, 5.74) is 2.08. The highest BCUT2D eigenvalue weighted by molar-refractivity contribution is 7.12. The number of pyridine rings is 1. The summed E-state index contributed by atoms with van der Waals surface area (Å²) in [6, 6.07) is 15.6. The quantitative estimate of drug-likeness (QED) is 0.0852. The SMILES string of the molecule is COc1ccc([C@H](Cc2c(Cl)c[n+]([O-])cc2Cl)c2sc(CNC(C(=O)OCC3CCN(C)CC3)c3ccccc3)cc2C(=O)O)cc1OC. The van der Waals surface area contributed by atoms with E-state index in [9.17, 15) is 19.9 Å². The maximum absolute atomic E-state index is 13.5. The van der Waals surface area contributed by atoms with Gasteiger partial charge in [0.05, 0.1) is 26.4 Å². The van der Waals surface area contributed by atoms with Crippen LogP contribution in [0.1, 0.15) is 61.6 Å². The van der Waals surface area contributed by atoms with E-state index in [4.69, 9.17) is 37.4 Å². The van der Waals surface area contributed by atoms with E-state index in [1.54, 1.807) is 18.2 Å². The van der Waals surface area contributed by atoms with Gasteiger partial charge >= 0.3 is 11.9 Å². The molecule has 0 bridgehead atoms. The fraction of sp³-hybridized carbons (Fsp3) is 0.361. The van der Waals surface area contributed by atoms with E-state index in [1.165, 1.54) is 38.0 Å². The molecule has 10 nitrogen and oxygen atoms in total. The first kappa shape index (κ1) is 36.4. The van der Waals surface area contributed by atoms with Gasteiger partial charge in [-0.15, -0.1) is 11.3 Å². The third-order valence-corrected chi connectivity index (χ3v) is 10.7. The summed E-state index contributed by atoms with van der Waals surface area (Å²) < 4.78 is 17.4. The molecule has 3 heterocycles. The van der Waals surface area contributed by atoms with Crippen LogP contribution >= 0.6 is 34.5 Å². The van der Waals surface area contributed by atoms with Crippen LogP contribution in [-0.4, -0.2) is 62.9 Å². The Morgan fingerprint density at radius 1 is 1.02 bits per heavy atom. The van der Waals surface area contributed by atoms with Crippen LogP contribution in [0, 0.1) is 11.1 Å². The molecule has 260 valence electrons. The lowest BCUT2D eigenvalue weighted by atomic mass is 9.88. The molecule has 0 radical (unpaired) electrons. The highest BCUT2D eigenvalue weighted by Crippen LogP contribution is 2.41. The van der Waals surface area contributed by atoms with Crippen molar-refractivity contribution < 1.29 is 33.6 Å². The number of aromatic carboxylic acids is 1. The Hall–Kier alpha value is -3.87. The van der Waals surface area contributed by atoms with E-state index < -0.39 is 17.9 Å². The molecule has 4 aromatic rings. The third-order valence-electron chi connectivity index (χ3n) is 8.78. The van der Waals surface area contributed by atoms with Crippen molar-refractivity contribution in [2.45, 2.75) is 37.8 Å². The number of carboxylic acid groups (broad SMARTS) is 1. The monoisotopic (exact) mass is 727 g/mol. The Balaban J connectivity index is 1.46. The zero-order valence-electron chi connectivity index (χ0n) is 27.5. The van der Waals surface area contributed by atoms with Gasteiger partial charge in [-0.05, 0) is 74.6 Å². The molecule has 5 rings (SSSR count). The Morgan fingerprint density at radius 3 is 2.33 bits per heavy atom. The number of thiophene rings is 1. The maximum Gasteiger partial charge on any atom is 0.336 e. The Labute approximate surface area is 299 Å². The number of carboxylic acids is 1. The number of hydrogen-bond acceptors (Lipinski definition) is 9. The van der Waals surface area contributed by atoms with Crippen LogP contribution in [-0.2, 0) is 22.5 Å². The van der Waals surface area contributed by atoms with Gasteiger partial charge in [-0.3, -0.25) is 5.32 Å². The maximum atomic E-state index is 13.5. The minimum atomic E-state index is -1.11. The van der Waals surface area contributed by atoms with Gasteiger partial charge < -0.3 is 29.4 Å². The van der Waals surface area contributed by atoms with E-state index in [0.717, 1.165) is 37.1 Å². The number of methoxy groups -OCH3 is 2. The molecule has 1 aliphatic rings. The van der Waals surface area contributed by atoms with Gasteiger partial charge in [0.15, 0.2) is 23.9 Å². The number of esters is 1. The molecule has 1 aliphatic heterocycles. The molecular formula is C36H39Cl2N3O7S. The molecule has 1 saturated heterocycles. The first-order valence-electron chi connectivity index (χ1n) is 15.9. The van der Waals surface area contributed by atoms with Crippen molar-refractivity contribution >= 4 is 46.5 Å². The molecule has 2 atom stereocenters. The fourth-order valence-corrected chi connectivity index (χ4v) is 7.86. The Bertz CT molecular complexity index is 1740. The van der Waals surface area contributed by atoms with Crippen LogP contribution in [0.25, 0.3) is 0 Å². The Kier molecular flexibility index (Phi) is 12.4. The number of benzene rings is 2. The van der Waals surface area contributed by atoms with Gasteiger partial charge in [0.1, 0.15) is 16.1 Å². The molecule has 13 heteroatoms. The number of halogens is 2. The van der Waals surface area contributed by atoms with Crippen LogP contribution in [0.4, 0.5) is 0 Å². The number of nitrogens with zero attached hydrogens (tertiary/aromatic N) is 2. The number of hydrogen-bond donors (Lipinski definition) is 2. The largest absolute Gasteiger partial charge is 0.619 e. The molecule has 1 unspecified atom stereocenters. The number of carbonyl (C=O) groups excluding carboxylic acids is 1. The number of nitrogens with one attached hydrogen (secondary N) is 1. The predicted octanol–water partition coefficient (Wildman–Crippen LogP) is 6.49. The molecule has 0 saturated carbocycles. The zero-order valence-corrected chi connectivity index (χ0v) is 29.8. The van der Waals surface area contributed by atoms with Crippen LogP contribution < -0.4 is 19.5 Å². The third kappa shape index (κ3) is 9.03. The summed E-state index contributed by atoms with van der Waals surface area (Å²) >= 11 is 14.3. The normalized spacial score (nSPS) is 15.0. The van der Waals surface area contributed by atoms with Crippen LogP contribution in [0.2, 0.25) is 10.0 Å². The molecule has 0 aliphatic carbocycles. The summed E-state index contributed by atoms with van der Waals surface area (Å²) in [5.74, 6) is -0.750. The Morgan fingerprint density at radius 2 is 1.69 bits per heavy atom. The second-order valence-electron chi connectivity index (χ2n) is 12.1. The van der Waals surface area contributed by atoms with E-state index in [0.29, 0.717) is 44.1 Å². The number of ether oxygens (including phenoxy) is 3. The number of likely N-dealkylation sites (tertiary alicyclic amines) is 1. The van der Waals surface area contributed by atoms with Gasteiger partial charge in [0.25, 0.3) is 0 Å². The van der Waals surface area contributed by atoms with E-state index in [1.807, 2.05) is 36.4 Å². The van der Waals surface area contributed by atoms with Crippen molar-refractivity contribution in [1.82, 2.24) is 10.2 Å². The second kappa shape index (κ2) is 16.7. The van der Waals surface area contributed by atoms with Crippen molar-refractivity contribution in [3.8, 4) is 11.5 Å². The summed E-state index contributed by atoms with van der Waals surface area (Å²) in [6.45, 7) is 2.51. The van der Waals surface area contributed by atoms with Gasteiger partial charge in [0.2, 0.25) is 0 Å². The molecule has 1 fully saturated rings. The van der Waals surface area contributed by atoms with E-state index >= 15 is 0 Å². The van der Waals surface area contributed by atoms with Crippen molar-refractivity contribution in [2.75, 3.05) is 41.0 Å². The van der Waals surface area contributed by atoms with E-state index in [-0.39, 0.29) is 34.5 Å².